The number of rotatable bonds is 5. The van der Waals surface area contributed by atoms with Gasteiger partial charge in [0.1, 0.15) is 5.75 Å². The highest BCUT2D eigenvalue weighted by Gasteiger charge is 2.10. The number of halogens is 1. The van der Waals surface area contributed by atoms with E-state index in [2.05, 4.69) is 23.0 Å². The highest BCUT2D eigenvalue weighted by Crippen LogP contribution is 2.31. The van der Waals surface area contributed by atoms with Gasteiger partial charge in [-0.15, -0.1) is 5.10 Å². The number of benzene rings is 2. The molecule has 1 aliphatic rings. The monoisotopic (exact) mass is 408 g/mol. The number of hydrogen-bond acceptors (Lipinski definition) is 3. The smallest absolute Gasteiger partial charge is 0.238 e. The fraction of sp³-hybridized carbons (Fsp3) is 0.304. The minimum absolute atomic E-state index is 0.539. The molecule has 0 atom stereocenters. The SMILES string of the molecule is Cc1cc(Oc2ccn(-c3cccc(Cl)c3)n2)c(C)cc1N=CN1CCCCC1. The average molecular weight is 409 g/mol. The molecular weight excluding hydrogens is 384 g/mol. The lowest BCUT2D eigenvalue weighted by Crippen LogP contribution is -2.28. The summed E-state index contributed by atoms with van der Waals surface area (Å²) in [4.78, 5) is 7.00. The van der Waals surface area contributed by atoms with Crippen LogP contribution in [0, 0.1) is 13.8 Å². The largest absolute Gasteiger partial charge is 0.437 e. The Bertz CT molecular complexity index is 1020. The Morgan fingerprint density at radius 2 is 1.86 bits per heavy atom. The summed E-state index contributed by atoms with van der Waals surface area (Å²) in [6.45, 7) is 6.28. The molecule has 1 aliphatic heterocycles. The second-order valence-corrected chi connectivity index (χ2v) is 7.86. The van der Waals surface area contributed by atoms with Crippen LogP contribution in [0.2, 0.25) is 5.02 Å². The van der Waals surface area contributed by atoms with E-state index >= 15 is 0 Å². The molecule has 1 fully saturated rings. The highest BCUT2D eigenvalue weighted by atomic mass is 35.5. The fourth-order valence-electron chi connectivity index (χ4n) is 3.44. The molecule has 0 radical (unpaired) electrons. The number of likely N-dealkylation sites (tertiary alicyclic amines) is 1. The van der Waals surface area contributed by atoms with Crippen LogP contribution in [-0.2, 0) is 0 Å². The van der Waals surface area contributed by atoms with Gasteiger partial charge in [-0.2, -0.15) is 0 Å². The third-order valence-electron chi connectivity index (χ3n) is 5.10. The molecule has 2 heterocycles. The molecule has 29 heavy (non-hydrogen) atoms. The van der Waals surface area contributed by atoms with Crippen LogP contribution in [0.4, 0.5) is 5.69 Å². The quantitative estimate of drug-likeness (QED) is 0.379. The molecular formula is C23H25ClN4O. The van der Waals surface area contributed by atoms with Crippen LogP contribution in [0.1, 0.15) is 30.4 Å². The molecule has 0 amide bonds. The van der Waals surface area contributed by atoms with Crippen LogP contribution < -0.4 is 4.74 Å². The first-order chi connectivity index (χ1) is 14.1. The number of piperidine rings is 1. The van der Waals surface area contributed by atoms with Crippen molar-refractivity contribution < 1.29 is 4.74 Å². The number of hydrogen-bond donors (Lipinski definition) is 0. The molecule has 150 valence electrons. The van der Waals surface area contributed by atoms with Gasteiger partial charge in [-0.05, 0) is 74.6 Å². The summed E-state index contributed by atoms with van der Waals surface area (Å²) < 4.78 is 7.80. The number of aromatic nitrogens is 2. The fourth-order valence-corrected chi connectivity index (χ4v) is 3.62. The summed E-state index contributed by atoms with van der Waals surface area (Å²) in [5.74, 6) is 1.33. The Balaban J connectivity index is 1.49. The standard InChI is InChI=1S/C23H25ClN4O/c1-17-14-22(18(2)13-21(17)25-16-27-10-4-3-5-11-27)29-23-9-12-28(26-23)20-8-6-7-19(24)15-20/h6-9,12-16H,3-5,10-11H2,1-2H3. The van der Waals surface area contributed by atoms with E-state index in [9.17, 15) is 0 Å². The zero-order chi connectivity index (χ0) is 20.2. The lowest BCUT2D eigenvalue weighted by molar-refractivity contribution is 0.351. The molecule has 0 unspecified atom stereocenters. The average Bonchev–Trinajstić information content (AvgIpc) is 3.19. The molecule has 4 rings (SSSR count). The highest BCUT2D eigenvalue weighted by molar-refractivity contribution is 6.30. The molecule has 0 N–H and O–H groups in total. The summed E-state index contributed by atoms with van der Waals surface area (Å²) in [5.41, 5.74) is 3.97. The van der Waals surface area contributed by atoms with Crippen molar-refractivity contribution in [2.24, 2.45) is 4.99 Å². The minimum atomic E-state index is 0.539. The maximum absolute atomic E-state index is 6.07. The first-order valence-electron chi connectivity index (χ1n) is 9.97. The van der Waals surface area contributed by atoms with Crippen LogP contribution in [0.3, 0.4) is 0 Å². The number of aryl methyl sites for hydroxylation is 2. The van der Waals surface area contributed by atoms with Gasteiger partial charge in [-0.3, -0.25) is 0 Å². The third kappa shape index (κ3) is 4.80. The van der Waals surface area contributed by atoms with Crippen molar-refractivity contribution in [2.45, 2.75) is 33.1 Å². The number of ether oxygens (including phenoxy) is 1. The Hall–Kier alpha value is -2.79. The van der Waals surface area contributed by atoms with E-state index < -0.39 is 0 Å². The Morgan fingerprint density at radius 1 is 1.03 bits per heavy atom. The van der Waals surface area contributed by atoms with Crippen LogP contribution in [0.5, 0.6) is 11.6 Å². The topological polar surface area (TPSA) is 42.6 Å². The van der Waals surface area contributed by atoms with Crippen molar-refractivity contribution in [3.05, 3.63) is 64.8 Å². The van der Waals surface area contributed by atoms with E-state index in [1.54, 1.807) is 4.68 Å². The molecule has 2 aromatic carbocycles. The minimum Gasteiger partial charge on any atom is -0.437 e. The van der Waals surface area contributed by atoms with Crippen molar-refractivity contribution in [1.82, 2.24) is 14.7 Å². The zero-order valence-electron chi connectivity index (χ0n) is 16.8. The molecule has 5 nitrogen and oxygen atoms in total. The predicted molar refractivity (Wildman–Crippen MR) is 118 cm³/mol. The Labute approximate surface area is 176 Å². The van der Waals surface area contributed by atoms with E-state index in [1.807, 2.05) is 55.9 Å². The van der Waals surface area contributed by atoms with Gasteiger partial charge in [-0.1, -0.05) is 17.7 Å². The predicted octanol–water partition coefficient (Wildman–Crippen LogP) is 6.08. The normalized spacial score (nSPS) is 14.5. The van der Waals surface area contributed by atoms with Crippen LogP contribution in [-0.4, -0.2) is 34.1 Å². The molecule has 0 spiro atoms. The number of nitrogens with zero attached hydrogens (tertiary/aromatic N) is 4. The summed E-state index contributed by atoms with van der Waals surface area (Å²) in [6, 6.07) is 13.5. The van der Waals surface area contributed by atoms with Crippen LogP contribution >= 0.6 is 11.6 Å². The lowest BCUT2D eigenvalue weighted by Gasteiger charge is -2.23. The molecule has 1 saturated heterocycles. The first kappa shape index (κ1) is 19.5. The maximum Gasteiger partial charge on any atom is 0.238 e. The molecule has 3 aromatic rings. The van der Waals surface area contributed by atoms with Crippen molar-refractivity contribution in [3.8, 4) is 17.3 Å². The summed E-state index contributed by atoms with van der Waals surface area (Å²) in [7, 11) is 0. The van der Waals surface area contributed by atoms with E-state index in [-0.39, 0.29) is 0 Å². The summed E-state index contributed by atoms with van der Waals surface area (Å²) >= 11 is 6.07. The van der Waals surface area contributed by atoms with Gasteiger partial charge in [0.15, 0.2) is 0 Å². The molecule has 0 aliphatic carbocycles. The number of aliphatic imine (C=N–C) groups is 1. The molecule has 0 saturated carbocycles. The van der Waals surface area contributed by atoms with E-state index in [0.717, 1.165) is 41.3 Å². The Morgan fingerprint density at radius 3 is 2.66 bits per heavy atom. The zero-order valence-corrected chi connectivity index (χ0v) is 17.6. The Kier molecular flexibility index (Phi) is 5.86. The third-order valence-corrected chi connectivity index (χ3v) is 5.33. The van der Waals surface area contributed by atoms with E-state index in [0.29, 0.717) is 10.9 Å². The van der Waals surface area contributed by atoms with Crippen LogP contribution in [0.25, 0.3) is 5.69 Å². The maximum atomic E-state index is 6.07. The van der Waals surface area contributed by atoms with Gasteiger partial charge in [0.25, 0.3) is 0 Å². The molecule has 6 heteroatoms. The van der Waals surface area contributed by atoms with Crippen molar-refractivity contribution in [3.63, 3.8) is 0 Å². The lowest BCUT2D eigenvalue weighted by atomic mass is 10.1. The van der Waals surface area contributed by atoms with Crippen LogP contribution in [0.15, 0.2) is 53.7 Å². The van der Waals surface area contributed by atoms with Crippen molar-refractivity contribution >= 4 is 23.6 Å². The second kappa shape index (κ2) is 8.70. The second-order valence-electron chi connectivity index (χ2n) is 7.43. The molecule has 0 bridgehead atoms. The van der Waals surface area contributed by atoms with Crippen molar-refractivity contribution in [1.29, 1.82) is 0 Å². The van der Waals surface area contributed by atoms with Gasteiger partial charge in [-0.25, -0.2) is 9.67 Å². The van der Waals surface area contributed by atoms with E-state index in [4.69, 9.17) is 21.3 Å². The summed E-state index contributed by atoms with van der Waals surface area (Å²) in [6.07, 6.45) is 7.66. The molecule has 1 aromatic heterocycles. The first-order valence-corrected chi connectivity index (χ1v) is 10.4. The van der Waals surface area contributed by atoms with Gasteiger partial charge < -0.3 is 9.64 Å². The van der Waals surface area contributed by atoms with Gasteiger partial charge in [0.2, 0.25) is 5.88 Å². The van der Waals surface area contributed by atoms with Gasteiger partial charge >= 0.3 is 0 Å². The van der Waals surface area contributed by atoms with Gasteiger partial charge in [0.05, 0.1) is 17.7 Å². The van der Waals surface area contributed by atoms with E-state index in [1.165, 1.54) is 19.3 Å². The van der Waals surface area contributed by atoms with Gasteiger partial charge in [0, 0.05) is 30.4 Å². The summed E-state index contributed by atoms with van der Waals surface area (Å²) in [5, 5.41) is 5.18. The van der Waals surface area contributed by atoms with Crippen molar-refractivity contribution in [2.75, 3.05) is 13.1 Å².